The van der Waals surface area contributed by atoms with Gasteiger partial charge in [-0.15, -0.1) is 0 Å². The van der Waals surface area contributed by atoms with E-state index in [4.69, 9.17) is 4.74 Å². The number of piperazine rings is 1. The van der Waals surface area contributed by atoms with E-state index in [-0.39, 0.29) is 5.91 Å². The molecule has 1 aromatic heterocycles. The van der Waals surface area contributed by atoms with E-state index in [1.165, 1.54) is 5.56 Å². The lowest BCUT2D eigenvalue weighted by Gasteiger charge is -2.35. The third kappa shape index (κ3) is 4.80. The van der Waals surface area contributed by atoms with Gasteiger partial charge in [-0.25, -0.2) is 4.68 Å². The zero-order valence-corrected chi connectivity index (χ0v) is 18.5. The number of rotatable bonds is 6. The van der Waals surface area contributed by atoms with Crippen LogP contribution in [0.1, 0.15) is 22.5 Å². The number of benzene rings is 2. The first-order chi connectivity index (χ1) is 15.0. The molecule has 1 fully saturated rings. The first-order valence-corrected chi connectivity index (χ1v) is 10.8. The predicted octanol–water partition coefficient (Wildman–Crippen LogP) is 3.38. The molecule has 1 aliphatic heterocycles. The van der Waals surface area contributed by atoms with Crippen molar-refractivity contribution in [2.24, 2.45) is 0 Å². The first-order valence-electron chi connectivity index (χ1n) is 10.8. The van der Waals surface area contributed by atoms with Gasteiger partial charge in [-0.3, -0.25) is 9.69 Å². The molecule has 2 heterocycles. The summed E-state index contributed by atoms with van der Waals surface area (Å²) >= 11 is 0. The Balaban J connectivity index is 1.34. The molecule has 1 amide bonds. The molecule has 1 aliphatic rings. The maximum Gasteiger partial charge on any atom is 0.227 e. The number of carbonyl (C=O) groups is 1. The summed E-state index contributed by atoms with van der Waals surface area (Å²) in [6.07, 6.45) is 0.406. The normalized spacial score (nSPS) is 14.6. The van der Waals surface area contributed by atoms with E-state index in [1.54, 1.807) is 7.11 Å². The van der Waals surface area contributed by atoms with Crippen molar-refractivity contribution in [2.75, 3.05) is 33.3 Å². The summed E-state index contributed by atoms with van der Waals surface area (Å²) in [6.45, 7) is 8.23. The lowest BCUT2D eigenvalue weighted by Crippen LogP contribution is -2.48. The topological polar surface area (TPSA) is 50.6 Å². The SMILES string of the molecule is COc1ccc(CN2CCN(C(=O)Cc3c(C)nn(-c4ccccc4)c3C)CC2)cc1. The standard InChI is InChI=1S/C25H30N4O2/c1-19-24(20(2)29(26-19)22-7-5-4-6-8-22)17-25(30)28-15-13-27(14-16-28)18-21-9-11-23(31-3)12-10-21/h4-12H,13-18H2,1-3H3. The Kier molecular flexibility index (Phi) is 6.37. The van der Waals surface area contributed by atoms with Gasteiger partial charge in [-0.05, 0) is 43.7 Å². The van der Waals surface area contributed by atoms with Gasteiger partial charge in [0.1, 0.15) is 5.75 Å². The molecule has 31 heavy (non-hydrogen) atoms. The Morgan fingerprint density at radius 3 is 2.29 bits per heavy atom. The van der Waals surface area contributed by atoms with Crippen LogP contribution in [0.25, 0.3) is 5.69 Å². The quantitative estimate of drug-likeness (QED) is 0.616. The van der Waals surface area contributed by atoms with Crippen molar-refractivity contribution in [3.8, 4) is 11.4 Å². The molecule has 0 N–H and O–H groups in total. The first kappa shape index (κ1) is 21.1. The second-order valence-corrected chi connectivity index (χ2v) is 8.08. The molecule has 2 aromatic carbocycles. The Bertz CT molecular complexity index is 1020. The molecular formula is C25H30N4O2. The second kappa shape index (κ2) is 9.35. The van der Waals surface area contributed by atoms with E-state index in [0.29, 0.717) is 6.42 Å². The molecule has 162 valence electrons. The van der Waals surface area contributed by atoms with E-state index < -0.39 is 0 Å². The van der Waals surface area contributed by atoms with Crippen LogP contribution in [0.2, 0.25) is 0 Å². The third-order valence-electron chi connectivity index (χ3n) is 6.06. The van der Waals surface area contributed by atoms with Crippen LogP contribution in [0, 0.1) is 13.8 Å². The molecule has 3 aromatic rings. The second-order valence-electron chi connectivity index (χ2n) is 8.08. The zero-order valence-electron chi connectivity index (χ0n) is 18.5. The van der Waals surface area contributed by atoms with Gasteiger partial charge in [0.2, 0.25) is 5.91 Å². The highest BCUT2D eigenvalue weighted by molar-refractivity contribution is 5.79. The number of hydrogen-bond acceptors (Lipinski definition) is 4. The molecule has 1 saturated heterocycles. The van der Waals surface area contributed by atoms with Gasteiger partial charge in [0.25, 0.3) is 0 Å². The molecular weight excluding hydrogens is 388 g/mol. The predicted molar refractivity (Wildman–Crippen MR) is 122 cm³/mol. The minimum Gasteiger partial charge on any atom is -0.497 e. The van der Waals surface area contributed by atoms with E-state index in [2.05, 4.69) is 22.1 Å². The van der Waals surface area contributed by atoms with E-state index in [0.717, 1.165) is 61.1 Å². The Labute approximate surface area is 184 Å². The molecule has 0 radical (unpaired) electrons. The molecule has 6 nitrogen and oxygen atoms in total. The number of nitrogens with zero attached hydrogens (tertiary/aromatic N) is 4. The summed E-state index contributed by atoms with van der Waals surface area (Å²) in [6, 6.07) is 18.3. The van der Waals surface area contributed by atoms with Gasteiger partial charge in [0.05, 0.1) is 24.9 Å². The van der Waals surface area contributed by atoms with Crippen molar-refractivity contribution in [1.29, 1.82) is 0 Å². The van der Waals surface area contributed by atoms with Gasteiger partial charge in [-0.1, -0.05) is 30.3 Å². The van der Waals surface area contributed by atoms with Crippen molar-refractivity contribution in [3.63, 3.8) is 0 Å². The lowest BCUT2D eigenvalue weighted by atomic mass is 10.1. The number of amides is 1. The van der Waals surface area contributed by atoms with Crippen LogP contribution < -0.4 is 4.74 Å². The molecule has 4 rings (SSSR count). The molecule has 0 saturated carbocycles. The van der Waals surface area contributed by atoms with Crippen LogP contribution in [-0.2, 0) is 17.8 Å². The average Bonchev–Trinajstić information content (AvgIpc) is 3.09. The van der Waals surface area contributed by atoms with Crippen LogP contribution in [0.5, 0.6) is 5.75 Å². The fraction of sp³-hybridized carbons (Fsp3) is 0.360. The van der Waals surface area contributed by atoms with Crippen molar-refractivity contribution < 1.29 is 9.53 Å². The fourth-order valence-corrected chi connectivity index (χ4v) is 4.16. The number of aryl methyl sites for hydroxylation is 1. The molecule has 0 atom stereocenters. The zero-order chi connectivity index (χ0) is 21.8. The maximum atomic E-state index is 13.0. The van der Waals surface area contributed by atoms with Crippen LogP contribution >= 0.6 is 0 Å². The highest BCUT2D eigenvalue weighted by Crippen LogP contribution is 2.20. The summed E-state index contributed by atoms with van der Waals surface area (Å²) < 4.78 is 7.16. The largest absolute Gasteiger partial charge is 0.497 e. The smallest absolute Gasteiger partial charge is 0.227 e. The van der Waals surface area contributed by atoms with Crippen LogP contribution in [0.3, 0.4) is 0 Å². The third-order valence-corrected chi connectivity index (χ3v) is 6.06. The van der Waals surface area contributed by atoms with Gasteiger partial charge in [0, 0.05) is 44.0 Å². The lowest BCUT2D eigenvalue weighted by molar-refractivity contribution is -0.132. The van der Waals surface area contributed by atoms with Crippen molar-refractivity contribution in [1.82, 2.24) is 19.6 Å². The minimum atomic E-state index is 0.183. The molecule has 0 spiro atoms. The minimum absolute atomic E-state index is 0.183. The van der Waals surface area contributed by atoms with E-state index in [1.807, 2.05) is 65.9 Å². The summed E-state index contributed by atoms with van der Waals surface area (Å²) in [5, 5.41) is 4.68. The van der Waals surface area contributed by atoms with Crippen LogP contribution in [0.4, 0.5) is 0 Å². The Morgan fingerprint density at radius 1 is 0.968 bits per heavy atom. The molecule has 0 aliphatic carbocycles. The highest BCUT2D eigenvalue weighted by atomic mass is 16.5. The average molecular weight is 419 g/mol. The summed E-state index contributed by atoms with van der Waals surface area (Å²) in [7, 11) is 1.68. The monoisotopic (exact) mass is 418 g/mol. The van der Waals surface area contributed by atoms with Crippen molar-refractivity contribution in [2.45, 2.75) is 26.8 Å². The fourth-order valence-electron chi connectivity index (χ4n) is 4.16. The van der Waals surface area contributed by atoms with E-state index >= 15 is 0 Å². The number of para-hydroxylation sites is 1. The molecule has 0 bridgehead atoms. The van der Waals surface area contributed by atoms with E-state index in [9.17, 15) is 4.79 Å². The van der Waals surface area contributed by atoms with Crippen molar-refractivity contribution >= 4 is 5.91 Å². The van der Waals surface area contributed by atoms with Crippen molar-refractivity contribution in [3.05, 3.63) is 77.1 Å². The maximum absolute atomic E-state index is 13.0. The number of carbonyl (C=O) groups excluding carboxylic acids is 1. The number of ether oxygens (including phenoxy) is 1. The summed E-state index contributed by atoms with van der Waals surface area (Å²) in [5.74, 6) is 1.06. The summed E-state index contributed by atoms with van der Waals surface area (Å²) in [5.41, 5.74) is 5.28. The Hall–Kier alpha value is -3.12. The van der Waals surface area contributed by atoms with Gasteiger partial charge in [-0.2, -0.15) is 5.10 Å². The van der Waals surface area contributed by atoms with Crippen LogP contribution in [0.15, 0.2) is 54.6 Å². The highest BCUT2D eigenvalue weighted by Gasteiger charge is 2.23. The Morgan fingerprint density at radius 2 is 1.65 bits per heavy atom. The van der Waals surface area contributed by atoms with Gasteiger partial charge >= 0.3 is 0 Å². The molecule has 6 heteroatoms. The number of aromatic nitrogens is 2. The summed E-state index contributed by atoms with van der Waals surface area (Å²) in [4.78, 5) is 17.4. The number of hydrogen-bond donors (Lipinski definition) is 0. The van der Waals surface area contributed by atoms with Gasteiger partial charge in [0.15, 0.2) is 0 Å². The number of methoxy groups -OCH3 is 1. The van der Waals surface area contributed by atoms with Gasteiger partial charge < -0.3 is 9.64 Å². The molecule has 0 unspecified atom stereocenters. The van der Waals surface area contributed by atoms with Crippen LogP contribution in [-0.4, -0.2) is 58.8 Å².